The van der Waals surface area contributed by atoms with Crippen LogP contribution in [0, 0.1) is 20.8 Å². The maximum absolute atomic E-state index is 12.6. The molecule has 0 radical (unpaired) electrons. The number of carbonyl (C=O) groups excluding carboxylic acids is 1. The summed E-state index contributed by atoms with van der Waals surface area (Å²) in [5.41, 5.74) is 4.55. The Morgan fingerprint density at radius 2 is 1.53 bits per heavy atom. The molecule has 0 saturated carbocycles. The number of benzene rings is 2. The van der Waals surface area contributed by atoms with Crippen LogP contribution < -0.4 is 4.74 Å². The van der Waals surface area contributed by atoms with Gasteiger partial charge in [0.25, 0.3) is 0 Å². The Labute approximate surface area is 114 Å². The van der Waals surface area contributed by atoms with Crippen LogP contribution in [0.1, 0.15) is 32.6 Å². The number of carbonyl (C=O) groups is 1. The molecule has 0 aliphatic carbocycles. The number of hydrogen-bond donors (Lipinski definition) is 0. The summed E-state index contributed by atoms with van der Waals surface area (Å²) in [6.07, 6.45) is 0. The fraction of sp³-hybridized carbons (Fsp3) is 0.235. The lowest BCUT2D eigenvalue weighted by Crippen LogP contribution is -2.06. The van der Waals surface area contributed by atoms with Crippen LogP contribution in [0.25, 0.3) is 0 Å². The van der Waals surface area contributed by atoms with Gasteiger partial charge in [0.2, 0.25) is 0 Å². The summed E-state index contributed by atoms with van der Waals surface area (Å²) in [5.74, 6) is 0.633. The first kappa shape index (κ1) is 13.3. The predicted octanol–water partition coefficient (Wildman–Crippen LogP) is 3.85. The summed E-state index contributed by atoms with van der Waals surface area (Å²) >= 11 is 0. The van der Waals surface area contributed by atoms with Crippen molar-refractivity contribution >= 4 is 5.78 Å². The second-order valence-corrected chi connectivity index (χ2v) is 4.85. The molecule has 0 aliphatic heterocycles. The van der Waals surface area contributed by atoms with Crippen molar-refractivity contribution in [3.8, 4) is 5.75 Å². The Morgan fingerprint density at radius 3 is 2.16 bits per heavy atom. The molecule has 0 fully saturated rings. The third-order valence-corrected chi connectivity index (χ3v) is 3.23. The molecule has 0 atom stereocenters. The molecular weight excluding hydrogens is 236 g/mol. The van der Waals surface area contributed by atoms with E-state index in [0.29, 0.717) is 11.3 Å². The number of methoxy groups -OCH3 is 1. The van der Waals surface area contributed by atoms with E-state index in [9.17, 15) is 4.79 Å². The molecule has 0 aromatic heterocycles. The van der Waals surface area contributed by atoms with E-state index in [1.165, 1.54) is 0 Å². The highest BCUT2D eigenvalue weighted by Crippen LogP contribution is 2.24. The Kier molecular flexibility index (Phi) is 3.70. The Morgan fingerprint density at radius 1 is 0.895 bits per heavy atom. The van der Waals surface area contributed by atoms with Crippen LogP contribution in [0.15, 0.2) is 36.4 Å². The first-order valence-electron chi connectivity index (χ1n) is 6.29. The molecule has 0 saturated heterocycles. The van der Waals surface area contributed by atoms with Crippen molar-refractivity contribution < 1.29 is 9.53 Å². The smallest absolute Gasteiger partial charge is 0.197 e. The standard InChI is InChI=1S/C17H18O2/c1-11-5-7-14(13(3)9-11)17(18)15-10-12(2)6-8-16(15)19-4/h5-10H,1-4H3. The van der Waals surface area contributed by atoms with Gasteiger partial charge in [-0.1, -0.05) is 35.4 Å². The summed E-state index contributed by atoms with van der Waals surface area (Å²) in [6.45, 7) is 5.95. The van der Waals surface area contributed by atoms with Crippen molar-refractivity contribution in [2.75, 3.05) is 7.11 Å². The van der Waals surface area contributed by atoms with Crippen LogP contribution >= 0.6 is 0 Å². The van der Waals surface area contributed by atoms with E-state index >= 15 is 0 Å². The number of hydrogen-bond acceptors (Lipinski definition) is 2. The second kappa shape index (κ2) is 5.27. The molecule has 98 valence electrons. The molecule has 0 N–H and O–H groups in total. The van der Waals surface area contributed by atoms with Gasteiger partial charge >= 0.3 is 0 Å². The number of ether oxygens (including phenoxy) is 1. The average Bonchev–Trinajstić information content (AvgIpc) is 2.38. The Bertz CT molecular complexity index is 627. The lowest BCUT2D eigenvalue weighted by atomic mass is 9.96. The van der Waals surface area contributed by atoms with Gasteiger partial charge in [-0.05, 0) is 38.5 Å². The molecule has 0 unspecified atom stereocenters. The van der Waals surface area contributed by atoms with Crippen LogP contribution in [0.3, 0.4) is 0 Å². The second-order valence-electron chi connectivity index (χ2n) is 4.85. The van der Waals surface area contributed by atoms with E-state index in [4.69, 9.17) is 4.74 Å². The van der Waals surface area contributed by atoms with Gasteiger partial charge < -0.3 is 4.74 Å². The van der Waals surface area contributed by atoms with Crippen LogP contribution in [0.2, 0.25) is 0 Å². The molecule has 2 heteroatoms. The first-order valence-corrected chi connectivity index (χ1v) is 6.29. The summed E-state index contributed by atoms with van der Waals surface area (Å²) < 4.78 is 5.29. The van der Waals surface area contributed by atoms with Crippen molar-refractivity contribution in [1.29, 1.82) is 0 Å². The highest BCUT2D eigenvalue weighted by Gasteiger charge is 2.16. The van der Waals surface area contributed by atoms with Gasteiger partial charge in [-0.15, -0.1) is 0 Å². The lowest BCUT2D eigenvalue weighted by Gasteiger charge is -2.10. The summed E-state index contributed by atoms with van der Waals surface area (Å²) in [5, 5.41) is 0. The third-order valence-electron chi connectivity index (χ3n) is 3.23. The highest BCUT2D eigenvalue weighted by atomic mass is 16.5. The van der Waals surface area contributed by atoms with Crippen molar-refractivity contribution in [2.24, 2.45) is 0 Å². The fourth-order valence-corrected chi connectivity index (χ4v) is 2.21. The maximum Gasteiger partial charge on any atom is 0.197 e. The zero-order valence-corrected chi connectivity index (χ0v) is 11.8. The van der Waals surface area contributed by atoms with Gasteiger partial charge in [-0.25, -0.2) is 0 Å². The highest BCUT2D eigenvalue weighted by molar-refractivity contribution is 6.11. The fourth-order valence-electron chi connectivity index (χ4n) is 2.21. The molecule has 2 aromatic rings. The third kappa shape index (κ3) is 2.68. The SMILES string of the molecule is COc1ccc(C)cc1C(=O)c1ccc(C)cc1C. The molecule has 2 aromatic carbocycles. The average molecular weight is 254 g/mol. The van der Waals surface area contributed by atoms with Gasteiger partial charge in [0.1, 0.15) is 5.75 Å². The Balaban J connectivity index is 2.52. The maximum atomic E-state index is 12.6. The van der Waals surface area contributed by atoms with E-state index < -0.39 is 0 Å². The molecule has 0 aliphatic rings. The number of rotatable bonds is 3. The van der Waals surface area contributed by atoms with Gasteiger partial charge in [0, 0.05) is 5.56 Å². The van der Waals surface area contributed by atoms with E-state index in [2.05, 4.69) is 0 Å². The molecule has 2 rings (SSSR count). The minimum Gasteiger partial charge on any atom is -0.496 e. The van der Waals surface area contributed by atoms with E-state index in [-0.39, 0.29) is 5.78 Å². The minimum atomic E-state index is 0.0121. The van der Waals surface area contributed by atoms with E-state index in [0.717, 1.165) is 22.3 Å². The molecule has 2 nitrogen and oxygen atoms in total. The van der Waals surface area contributed by atoms with Crippen LogP contribution in [0.4, 0.5) is 0 Å². The quantitative estimate of drug-likeness (QED) is 0.778. The summed E-state index contributed by atoms with van der Waals surface area (Å²) in [7, 11) is 1.59. The van der Waals surface area contributed by atoms with Gasteiger partial charge in [-0.3, -0.25) is 4.79 Å². The first-order chi connectivity index (χ1) is 9.02. The minimum absolute atomic E-state index is 0.0121. The number of ketones is 1. The largest absolute Gasteiger partial charge is 0.496 e. The van der Waals surface area contributed by atoms with Crippen molar-refractivity contribution in [2.45, 2.75) is 20.8 Å². The Hall–Kier alpha value is -2.09. The van der Waals surface area contributed by atoms with Crippen molar-refractivity contribution in [3.05, 3.63) is 64.2 Å². The topological polar surface area (TPSA) is 26.3 Å². The van der Waals surface area contributed by atoms with E-state index in [1.807, 2.05) is 57.2 Å². The van der Waals surface area contributed by atoms with Gasteiger partial charge in [-0.2, -0.15) is 0 Å². The predicted molar refractivity (Wildman–Crippen MR) is 77.1 cm³/mol. The van der Waals surface area contributed by atoms with Crippen LogP contribution in [-0.2, 0) is 0 Å². The lowest BCUT2D eigenvalue weighted by molar-refractivity contribution is 0.103. The van der Waals surface area contributed by atoms with Gasteiger partial charge in [0.05, 0.1) is 12.7 Å². The molecule has 0 amide bonds. The van der Waals surface area contributed by atoms with Crippen LogP contribution in [0.5, 0.6) is 5.75 Å². The summed E-state index contributed by atoms with van der Waals surface area (Å²) in [4.78, 5) is 12.6. The summed E-state index contributed by atoms with van der Waals surface area (Å²) in [6, 6.07) is 11.5. The van der Waals surface area contributed by atoms with Crippen LogP contribution in [-0.4, -0.2) is 12.9 Å². The molecule has 19 heavy (non-hydrogen) atoms. The zero-order chi connectivity index (χ0) is 14.0. The van der Waals surface area contributed by atoms with Gasteiger partial charge in [0.15, 0.2) is 5.78 Å². The number of aryl methyl sites for hydroxylation is 3. The molecule has 0 heterocycles. The van der Waals surface area contributed by atoms with Crippen molar-refractivity contribution in [3.63, 3.8) is 0 Å². The van der Waals surface area contributed by atoms with E-state index in [1.54, 1.807) is 7.11 Å². The molecular formula is C17H18O2. The molecule has 0 spiro atoms. The molecule has 0 bridgehead atoms. The zero-order valence-electron chi connectivity index (χ0n) is 11.8. The monoisotopic (exact) mass is 254 g/mol. The normalized spacial score (nSPS) is 10.3. The van der Waals surface area contributed by atoms with Crippen molar-refractivity contribution in [1.82, 2.24) is 0 Å².